The first kappa shape index (κ1) is 22.3. The minimum atomic E-state index is 0. The van der Waals surface area contributed by atoms with Crippen LogP contribution in [0.4, 0.5) is 0 Å². The van der Waals surface area contributed by atoms with Gasteiger partial charge in [-0.2, -0.15) is 0 Å². The summed E-state index contributed by atoms with van der Waals surface area (Å²) in [5.41, 5.74) is 1.15. The van der Waals surface area contributed by atoms with Gasteiger partial charge in [0, 0.05) is 24.2 Å². The van der Waals surface area contributed by atoms with E-state index >= 15 is 0 Å². The zero-order chi connectivity index (χ0) is 17.2. The Balaban J connectivity index is 0.00000312. The molecule has 2 rings (SSSR count). The smallest absolute Gasteiger partial charge is 0.220 e. The summed E-state index contributed by atoms with van der Waals surface area (Å²) in [5, 5.41) is 6.49. The molecule has 1 saturated heterocycles. The van der Waals surface area contributed by atoms with E-state index in [0.717, 1.165) is 37.4 Å². The lowest BCUT2D eigenvalue weighted by atomic mass is 9.93. The van der Waals surface area contributed by atoms with Crippen LogP contribution >= 0.6 is 24.2 Å². The van der Waals surface area contributed by atoms with Crippen LogP contribution in [0.25, 0.3) is 0 Å². The van der Waals surface area contributed by atoms with Crippen LogP contribution in [0, 0.1) is 5.92 Å². The van der Waals surface area contributed by atoms with E-state index in [9.17, 15) is 4.79 Å². The molecular weight excluding hydrogens is 356 g/mol. The molecule has 1 aliphatic rings. The molecule has 1 aromatic carbocycles. The Hall–Kier alpha value is -0.750. The van der Waals surface area contributed by atoms with Crippen molar-refractivity contribution in [3.8, 4) is 0 Å². The Kier molecular flexibility index (Phi) is 11.2. The molecular formula is C19H31ClN2O2S. The van der Waals surface area contributed by atoms with Gasteiger partial charge in [-0.3, -0.25) is 4.79 Å². The Morgan fingerprint density at radius 1 is 1.32 bits per heavy atom. The van der Waals surface area contributed by atoms with Gasteiger partial charge in [-0.25, -0.2) is 0 Å². The second-order valence-electron chi connectivity index (χ2n) is 6.43. The Morgan fingerprint density at radius 2 is 2.00 bits per heavy atom. The summed E-state index contributed by atoms with van der Waals surface area (Å²) in [6.07, 6.45) is 4.05. The van der Waals surface area contributed by atoms with E-state index in [1.54, 1.807) is 18.9 Å². The number of methoxy groups -OCH3 is 1. The molecule has 6 heteroatoms. The molecule has 0 saturated carbocycles. The monoisotopic (exact) mass is 386 g/mol. The summed E-state index contributed by atoms with van der Waals surface area (Å²) in [6, 6.07) is 8.50. The maximum atomic E-state index is 12.2. The highest BCUT2D eigenvalue weighted by Crippen LogP contribution is 2.22. The highest BCUT2D eigenvalue weighted by atomic mass is 35.5. The lowest BCUT2D eigenvalue weighted by Gasteiger charge is -2.22. The third-order valence-corrected chi connectivity index (χ3v) is 5.53. The molecule has 1 fully saturated rings. The van der Waals surface area contributed by atoms with E-state index in [0.29, 0.717) is 12.3 Å². The van der Waals surface area contributed by atoms with Gasteiger partial charge in [-0.1, -0.05) is 12.1 Å². The molecule has 142 valence electrons. The number of nitrogens with one attached hydrogen (secondary N) is 2. The summed E-state index contributed by atoms with van der Waals surface area (Å²) in [4.78, 5) is 13.4. The number of amides is 1. The second-order valence-corrected chi connectivity index (χ2v) is 7.60. The summed E-state index contributed by atoms with van der Waals surface area (Å²) < 4.78 is 5.06. The van der Waals surface area contributed by atoms with Crippen molar-refractivity contribution in [2.45, 2.75) is 43.5 Å². The molecule has 1 aliphatic heterocycles. The first-order valence-corrected chi connectivity index (χ1v) is 9.89. The van der Waals surface area contributed by atoms with E-state index < -0.39 is 0 Å². The van der Waals surface area contributed by atoms with Crippen LogP contribution in [0.1, 0.15) is 44.2 Å². The fourth-order valence-corrected chi connectivity index (χ4v) is 3.81. The molecule has 0 aliphatic carbocycles. The first-order chi connectivity index (χ1) is 11.7. The van der Waals surface area contributed by atoms with Crippen LogP contribution in [0.15, 0.2) is 29.2 Å². The lowest BCUT2D eigenvalue weighted by molar-refractivity contribution is -0.122. The van der Waals surface area contributed by atoms with Gasteiger partial charge in [0.2, 0.25) is 5.91 Å². The molecule has 1 heterocycles. The molecule has 0 aromatic heterocycles. The largest absolute Gasteiger partial charge is 0.384 e. The average Bonchev–Trinajstić information content (AvgIpc) is 2.61. The maximum Gasteiger partial charge on any atom is 0.220 e. The highest BCUT2D eigenvalue weighted by molar-refractivity contribution is 7.99. The number of thioether (sulfide) groups is 1. The van der Waals surface area contributed by atoms with Gasteiger partial charge in [-0.05, 0) is 62.9 Å². The summed E-state index contributed by atoms with van der Waals surface area (Å²) in [6.45, 7) is 5.00. The van der Waals surface area contributed by atoms with Crippen LogP contribution in [0.3, 0.4) is 0 Å². The molecule has 1 amide bonds. The number of piperidine rings is 1. The molecule has 1 aromatic rings. The van der Waals surface area contributed by atoms with Crippen LogP contribution in [-0.4, -0.2) is 38.5 Å². The normalized spacial score (nSPS) is 16.1. The van der Waals surface area contributed by atoms with Crippen molar-refractivity contribution >= 4 is 30.1 Å². The number of ether oxygens (including phenoxy) is 1. The summed E-state index contributed by atoms with van der Waals surface area (Å²) >= 11 is 1.79. The van der Waals surface area contributed by atoms with Crippen LogP contribution in [0.5, 0.6) is 0 Å². The predicted molar refractivity (Wildman–Crippen MR) is 108 cm³/mol. The minimum absolute atomic E-state index is 0. The van der Waals surface area contributed by atoms with Crippen molar-refractivity contribution in [2.24, 2.45) is 5.92 Å². The number of carbonyl (C=O) groups excluding carboxylic acids is 1. The molecule has 4 nitrogen and oxygen atoms in total. The fraction of sp³-hybridized carbons (Fsp3) is 0.632. The molecule has 0 spiro atoms. The summed E-state index contributed by atoms with van der Waals surface area (Å²) in [5.74, 6) is 1.83. The van der Waals surface area contributed by atoms with Crippen molar-refractivity contribution in [1.82, 2.24) is 10.6 Å². The zero-order valence-corrected chi connectivity index (χ0v) is 16.9. The van der Waals surface area contributed by atoms with Crippen LogP contribution < -0.4 is 10.6 Å². The molecule has 1 atom stereocenters. The predicted octanol–water partition coefficient (Wildman–Crippen LogP) is 3.80. The molecule has 2 N–H and O–H groups in total. The minimum Gasteiger partial charge on any atom is -0.384 e. The average molecular weight is 387 g/mol. The third-order valence-electron chi connectivity index (χ3n) is 4.55. The van der Waals surface area contributed by atoms with Crippen molar-refractivity contribution in [1.29, 1.82) is 0 Å². The fourth-order valence-electron chi connectivity index (χ4n) is 3.00. The second kappa shape index (κ2) is 12.6. The van der Waals surface area contributed by atoms with Gasteiger partial charge in [0.05, 0.1) is 12.6 Å². The summed E-state index contributed by atoms with van der Waals surface area (Å²) in [7, 11) is 1.72. The SMILES string of the molecule is COCCSc1ccc(C(C)NC(=O)CCC2CCNCC2)cc1.Cl. The van der Waals surface area contributed by atoms with Crippen LogP contribution in [-0.2, 0) is 9.53 Å². The Labute approximate surface area is 162 Å². The third kappa shape index (κ3) is 8.45. The van der Waals surface area contributed by atoms with E-state index in [1.165, 1.54) is 17.7 Å². The van der Waals surface area contributed by atoms with E-state index in [-0.39, 0.29) is 24.4 Å². The van der Waals surface area contributed by atoms with Crippen molar-refractivity contribution < 1.29 is 9.53 Å². The number of benzene rings is 1. The van der Waals surface area contributed by atoms with Crippen molar-refractivity contribution in [2.75, 3.05) is 32.6 Å². The number of carbonyl (C=O) groups is 1. The van der Waals surface area contributed by atoms with Gasteiger partial charge in [-0.15, -0.1) is 24.2 Å². The maximum absolute atomic E-state index is 12.2. The molecule has 0 radical (unpaired) electrons. The number of halogens is 1. The lowest BCUT2D eigenvalue weighted by Crippen LogP contribution is -2.30. The Morgan fingerprint density at radius 3 is 2.64 bits per heavy atom. The van der Waals surface area contributed by atoms with Crippen molar-refractivity contribution in [3.63, 3.8) is 0 Å². The van der Waals surface area contributed by atoms with E-state index in [1.807, 2.05) is 0 Å². The number of rotatable bonds is 9. The van der Waals surface area contributed by atoms with Gasteiger partial charge < -0.3 is 15.4 Å². The highest BCUT2D eigenvalue weighted by Gasteiger charge is 2.15. The Bertz CT molecular complexity index is 493. The quantitative estimate of drug-likeness (QED) is 0.500. The molecule has 1 unspecified atom stereocenters. The van der Waals surface area contributed by atoms with E-state index in [4.69, 9.17) is 4.74 Å². The van der Waals surface area contributed by atoms with Gasteiger partial charge in [0.15, 0.2) is 0 Å². The van der Waals surface area contributed by atoms with Crippen LogP contribution in [0.2, 0.25) is 0 Å². The first-order valence-electron chi connectivity index (χ1n) is 8.91. The van der Waals surface area contributed by atoms with Gasteiger partial charge >= 0.3 is 0 Å². The number of hydrogen-bond donors (Lipinski definition) is 2. The topological polar surface area (TPSA) is 50.4 Å². The van der Waals surface area contributed by atoms with Gasteiger partial charge in [0.1, 0.15) is 0 Å². The standard InChI is InChI=1S/C19H30N2O2S.ClH/c1-15(17-4-6-18(7-5-17)24-14-13-23-2)21-19(22)8-3-16-9-11-20-12-10-16;/h4-7,15-16,20H,3,8-14H2,1-2H3,(H,21,22);1H. The molecule has 0 bridgehead atoms. The molecule has 25 heavy (non-hydrogen) atoms. The van der Waals surface area contributed by atoms with E-state index in [2.05, 4.69) is 41.8 Å². The zero-order valence-electron chi connectivity index (χ0n) is 15.3. The van der Waals surface area contributed by atoms with Crippen molar-refractivity contribution in [3.05, 3.63) is 29.8 Å². The van der Waals surface area contributed by atoms with Gasteiger partial charge in [0.25, 0.3) is 0 Å². The number of hydrogen-bond acceptors (Lipinski definition) is 4.